The molecule has 1 saturated heterocycles. The van der Waals surface area contributed by atoms with Crippen LogP contribution in [0.25, 0.3) is 0 Å². The summed E-state index contributed by atoms with van der Waals surface area (Å²) >= 11 is 0. The van der Waals surface area contributed by atoms with Crippen LogP contribution in [0, 0.1) is 0 Å². The molecule has 0 radical (unpaired) electrons. The van der Waals surface area contributed by atoms with Crippen LogP contribution in [0.4, 0.5) is 0 Å². The summed E-state index contributed by atoms with van der Waals surface area (Å²) in [6.07, 6.45) is 1.90. The third-order valence-electron chi connectivity index (χ3n) is 2.13. The summed E-state index contributed by atoms with van der Waals surface area (Å²) in [7, 11) is -1.69. The van der Waals surface area contributed by atoms with E-state index < -0.39 is 10.2 Å². The minimum absolute atomic E-state index is 0.229. The number of nitrogens with one attached hydrogen (secondary N) is 1. The van der Waals surface area contributed by atoms with Crippen molar-refractivity contribution in [2.75, 3.05) is 13.6 Å². The van der Waals surface area contributed by atoms with E-state index in [2.05, 4.69) is 4.72 Å². The van der Waals surface area contributed by atoms with Gasteiger partial charge in [-0.2, -0.15) is 12.7 Å². The highest BCUT2D eigenvalue weighted by molar-refractivity contribution is 7.87. The van der Waals surface area contributed by atoms with Crippen molar-refractivity contribution in [3.05, 3.63) is 0 Å². The number of rotatable bonds is 3. The maximum absolute atomic E-state index is 11.2. The molecule has 1 fully saturated rings. The Hall–Kier alpha value is -0.130. The Labute approximate surface area is 67.8 Å². The Balaban J connectivity index is 2.62. The van der Waals surface area contributed by atoms with E-state index in [1.54, 1.807) is 0 Å². The van der Waals surface area contributed by atoms with Crippen LogP contribution in [-0.4, -0.2) is 32.4 Å². The molecule has 0 amide bonds. The molecule has 5 heteroatoms. The normalized spacial score (nSPS) is 26.5. The van der Waals surface area contributed by atoms with Gasteiger partial charge in [0.1, 0.15) is 0 Å². The summed E-state index contributed by atoms with van der Waals surface area (Å²) in [6.45, 7) is 2.67. The molecule has 1 unspecified atom stereocenters. The summed E-state index contributed by atoms with van der Waals surface area (Å²) in [5.74, 6) is 0. The monoisotopic (exact) mass is 178 g/mol. The maximum Gasteiger partial charge on any atom is 0.279 e. The van der Waals surface area contributed by atoms with Crippen molar-refractivity contribution in [3.8, 4) is 0 Å². The lowest BCUT2D eigenvalue weighted by Gasteiger charge is -2.38. The SMILES string of the molecule is CCC1CCN1S(=O)(=O)NC. The molecule has 66 valence electrons. The minimum Gasteiger partial charge on any atom is -0.205 e. The van der Waals surface area contributed by atoms with Gasteiger partial charge in [0.25, 0.3) is 10.2 Å². The average molecular weight is 178 g/mol. The fourth-order valence-electron chi connectivity index (χ4n) is 1.26. The lowest BCUT2D eigenvalue weighted by atomic mass is 10.1. The lowest BCUT2D eigenvalue weighted by Crippen LogP contribution is -2.53. The van der Waals surface area contributed by atoms with Gasteiger partial charge in [0.05, 0.1) is 0 Å². The van der Waals surface area contributed by atoms with Gasteiger partial charge >= 0.3 is 0 Å². The van der Waals surface area contributed by atoms with E-state index in [9.17, 15) is 8.42 Å². The zero-order chi connectivity index (χ0) is 8.48. The molecule has 0 aromatic rings. The van der Waals surface area contributed by atoms with Crippen molar-refractivity contribution >= 4 is 10.2 Å². The van der Waals surface area contributed by atoms with Crippen LogP contribution in [0.5, 0.6) is 0 Å². The van der Waals surface area contributed by atoms with Crippen LogP contribution < -0.4 is 4.72 Å². The molecule has 1 aliphatic heterocycles. The number of hydrogen-bond acceptors (Lipinski definition) is 2. The molecule has 0 saturated carbocycles. The van der Waals surface area contributed by atoms with E-state index in [0.717, 1.165) is 12.8 Å². The smallest absolute Gasteiger partial charge is 0.205 e. The first-order valence-electron chi connectivity index (χ1n) is 3.82. The van der Waals surface area contributed by atoms with E-state index in [0.29, 0.717) is 6.54 Å². The molecule has 1 heterocycles. The zero-order valence-corrected chi connectivity index (χ0v) is 7.69. The Morgan fingerprint density at radius 3 is 2.55 bits per heavy atom. The molecule has 0 aromatic carbocycles. The van der Waals surface area contributed by atoms with Crippen molar-refractivity contribution in [1.82, 2.24) is 9.03 Å². The fraction of sp³-hybridized carbons (Fsp3) is 1.00. The van der Waals surface area contributed by atoms with Crippen LogP contribution in [-0.2, 0) is 10.2 Å². The zero-order valence-electron chi connectivity index (χ0n) is 6.87. The predicted molar refractivity (Wildman–Crippen MR) is 43.4 cm³/mol. The summed E-state index contributed by atoms with van der Waals surface area (Å²) < 4.78 is 26.1. The van der Waals surface area contributed by atoms with Crippen LogP contribution in [0.15, 0.2) is 0 Å². The van der Waals surface area contributed by atoms with Gasteiger partial charge in [-0.25, -0.2) is 4.72 Å². The number of hydrogen-bond donors (Lipinski definition) is 1. The Morgan fingerprint density at radius 2 is 2.27 bits per heavy atom. The molecule has 0 bridgehead atoms. The first kappa shape index (κ1) is 8.96. The molecular formula is C6H14N2O2S. The summed E-state index contributed by atoms with van der Waals surface area (Å²) in [6, 6.07) is 0.229. The molecule has 0 aliphatic carbocycles. The summed E-state index contributed by atoms with van der Waals surface area (Å²) in [5.41, 5.74) is 0. The van der Waals surface area contributed by atoms with Gasteiger partial charge in [-0.1, -0.05) is 6.92 Å². The Kier molecular flexibility index (Phi) is 2.51. The fourth-order valence-corrected chi connectivity index (χ4v) is 2.49. The molecule has 4 nitrogen and oxygen atoms in total. The Bertz CT molecular complexity index is 223. The van der Waals surface area contributed by atoms with Crippen molar-refractivity contribution in [2.45, 2.75) is 25.8 Å². The van der Waals surface area contributed by atoms with Crippen LogP contribution in [0.1, 0.15) is 19.8 Å². The quantitative estimate of drug-likeness (QED) is 0.658. The Morgan fingerprint density at radius 1 is 1.64 bits per heavy atom. The second-order valence-corrected chi connectivity index (χ2v) is 4.50. The predicted octanol–water partition coefficient (Wildman–Crippen LogP) is -0.0651. The van der Waals surface area contributed by atoms with Crippen molar-refractivity contribution in [2.24, 2.45) is 0 Å². The van der Waals surface area contributed by atoms with E-state index in [1.807, 2.05) is 6.92 Å². The highest BCUT2D eigenvalue weighted by Gasteiger charge is 2.35. The highest BCUT2D eigenvalue weighted by atomic mass is 32.2. The van der Waals surface area contributed by atoms with Gasteiger partial charge in [0, 0.05) is 19.6 Å². The van der Waals surface area contributed by atoms with Gasteiger partial charge in [0.15, 0.2) is 0 Å². The molecule has 1 rings (SSSR count). The lowest BCUT2D eigenvalue weighted by molar-refractivity contribution is 0.192. The third-order valence-corrected chi connectivity index (χ3v) is 3.74. The molecule has 1 N–H and O–H groups in total. The standard InChI is InChI=1S/C6H14N2O2S/c1-3-6-4-5-8(6)11(9,10)7-2/h6-7H,3-5H2,1-2H3. The third kappa shape index (κ3) is 1.55. The van der Waals surface area contributed by atoms with Gasteiger partial charge < -0.3 is 0 Å². The van der Waals surface area contributed by atoms with Crippen molar-refractivity contribution < 1.29 is 8.42 Å². The van der Waals surface area contributed by atoms with Gasteiger partial charge in [-0.05, 0) is 12.8 Å². The van der Waals surface area contributed by atoms with Crippen molar-refractivity contribution in [3.63, 3.8) is 0 Å². The molecule has 0 aromatic heterocycles. The van der Waals surface area contributed by atoms with Gasteiger partial charge in [-0.3, -0.25) is 0 Å². The molecule has 1 atom stereocenters. The molecule has 0 spiro atoms. The second-order valence-electron chi connectivity index (χ2n) is 2.67. The first-order valence-corrected chi connectivity index (χ1v) is 5.26. The first-order chi connectivity index (χ1) is 5.11. The van der Waals surface area contributed by atoms with E-state index in [1.165, 1.54) is 11.4 Å². The molecule has 1 aliphatic rings. The van der Waals surface area contributed by atoms with Gasteiger partial charge in [0.2, 0.25) is 0 Å². The average Bonchev–Trinajstić information content (AvgIpc) is 1.86. The van der Waals surface area contributed by atoms with Crippen LogP contribution in [0.3, 0.4) is 0 Å². The second kappa shape index (κ2) is 3.08. The molecular weight excluding hydrogens is 164 g/mol. The summed E-state index contributed by atoms with van der Waals surface area (Å²) in [4.78, 5) is 0. The van der Waals surface area contributed by atoms with E-state index >= 15 is 0 Å². The van der Waals surface area contributed by atoms with E-state index in [-0.39, 0.29) is 6.04 Å². The largest absolute Gasteiger partial charge is 0.279 e. The van der Waals surface area contributed by atoms with Crippen LogP contribution in [0.2, 0.25) is 0 Å². The maximum atomic E-state index is 11.2. The summed E-state index contributed by atoms with van der Waals surface area (Å²) in [5, 5.41) is 0. The van der Waals surface area contributed by atoms with Crippen LogP contribution >= 0.6 is 0 Å². The van der Waals surface area contributed by atoms with Crippen molar-refractivity contribution in [1.29, 1.82) is 0 Å². The minimum atomic E-state index is -3.14. The van der Waals surface area contributed by atoms with Gasteiger partial charge in [-0.15, -0.1) is 0 Å². The van der Waals surface area contributed by atoms with E-state index in [4.69, 9.17) is 0 Å². The molecule has 11 heavy (non-hydrogen) atoms. The topological polar surface area (TPSA) is 49.4 Å². The highest BCUT2D eigenvalue weighted by Crippen LogP contribution is 2.22. The number of nitrogens with zero attached hydrogens (tertiary/aromatic N) is 1.